The molecule has 1 aromatic heterocycles. The number of pyridine rings is 1. The third kappa shape index (κ3) is 2.84. The van der Waals surface area contributed by atoms with Gasteiger partial charge in [0, 0.05) is 18.3 Å². The highest BCUT2D eigenvalue weighted by atomic mass is 16.5. The van der Waals surface area contributed by atoms with Crippen molar-refractivity contribution in [3.63, 3.8) is 0 Å². The molecule has 130 valence electrons. The molecule has 2 N–H and O–H groups in total. The lowest BCUT2D eigenvalue weighted by molar-refractivity contribution is 0.0910. The molecule has 2 fully saturated rings. The van der Waals surface area contributed by atoms with Crippen LogP contribution >= 0.6 is 0 Å². The third-order valence-electron chi connectivity index (χ3n) is 5.68. The summed E-state index contributed by atoms with van der Waals surface area (Å²) < 4.78 is 5.06. The number of carbonyl (C=O) groups is 1. The molecule has 2 aliphatic carbocycles. The first-order valence-corrected chi connectivity index (χ1v) is 8.75. The van der Waals surface area contributed by atoms with Crippen molar-refractivity contribution < 1.29 is 14.6 Å². The molecule has 1 heterocycles. The quantitative estimate of drug-likeness (QED) is 0.898. The summed E-state index contributed by atoms with van der Waals surface area (Å²) in [6.45, 7) is 0. The predicted molar refractivity (Wildman–Crippen MR) is 93.7 cm³/mol. The summed E-state index contributed by atoms with van der Waals surface area (Å²) in [5.74, 6) is 1.33. The first-order valence-electron chi connectivity index (χ1n) is 8.75. The number of benzene rings is 1. The minimum Gasteiger partial charge on any atom is -0.503 e. The molecule has 0 radical (unpaired) electrons. The highest BCUT2D eigenvalue weighted by Gasteiger charge is 2.47. The van der Waals surface area contributed by atoms with Gasteiger partial charge in [0.05, 0.1) is 7.11 Å². The number of carbonyl (C=O) groups excluding carboxylic acids is 1. The molecule has 0 saturated heterocycles. The number of aromatic nitrogens is 1. The molecule has 0 aliphatic heterocycles. The highest BCUT2D eigenvalue weighted by molar-refractivity contribution is 5.95. The van der Waals surface area contributed by atoms with Gasteiger partial charge in [0.15, 0.2) is 17.2 Å². The number of rotatable bonds is 4. The van der Waals surface area contributed by atoms with Crippen LogP contribution in [-0.4, -0.2) is 29.1 Å². The second-order valence-corrected chi connectivity index (χ2v) is 7.04. The molecule has 1 aromatic carbocycles. The Kier molecular flexibility index (Phi) is 4.07. The van der Waals surface area contributed by atoms with Crippen molar-refractivity contribution in [1.82, 2.24) is 10.3 Å². The monoisotopic (exact) mass is 338 g/mol. The molecule has 2 aromatic rings. The van der Waals surface area contributed by atoms with Crippen molar-refractivity contribution in [1.29, 1.82) is 0 Å². The number of fused-ring (bicyclic) bond motifs is 2. The van der Waals surface area contributed by atoms with Gasteiger partial charge in [0.2, 0.25) is 0 Å². The summed E-state index contributed by atoms with van der Waals surface area (Å²) in [5, 5.41) is 13.2. The molecule has 4 rings (SSSR count). The van der Waals surface area contributed by atoms with Crippen LogP contribution in [0.5, 0.6) is 11.5 Å². The van der Waals surface area contributed by atoms with Gasteiger partial charge >= 0.3 is 0 Å². The Morgan fingerprint density at radius 1 is 1.20 bits per heavy atom. The van der Waals surface area contributed by atoms with Gasteiger partial charge in [-0.05, 0) is 42.6 Å². The molecule has 2 unspecified atom stereocenters. The Morgan fingerprint density at radius 2 is 2.00 bits per heavy atom. The molecule has 4 atom stereocenters. The van der Waals surface area contributed by atoms with Crippen LogP contribution in [0.3, 0.4) is 0 Å². The zero-order chi connectivity index (χ0) is 17.4. The third-order valence-corrected chi connectivity index (χ3v) is 5.68. The van der Waals surface area contributed by atoms with Crippen LogP contribution in [-0.2, 0) is 0 Å². The maximum atomic E-state index is 12.6. The molecule has 2 saturated carbocycles. The standard InChI is InChI=1S/C20H22N2O3/c1-25-17-7-8-21-18(19(17)23)20(24)22-16-11-12-9-14(15(16)10-12)13-5-3-2-4-6-13/h2-8,12,14-16,23H,9-11H2,1H3,(H,22,24)/t12?,14-,15?,16-/m1/s1. The average Bonchev–Trinajstić information content (AvgIpc) is 3.23. The van der Waals surface area contributed by atoms with Crippen molar-refractivity contribution in [3.05, 3.63) is 53.9 Å². The van der Waals surface area contributed by atoms with E-state index >= 15 is 0 Å². The molecule has 25 heavy (non-hydrogen) atoms. The van der Waals surface area contributed by atoms with E-state index in [1.54, 1.807) is 0 Å². The number of ether oxygens (including phenoxy) is 1. The lowest BCUT2D eigenvalue weighted by Gasteiger charge is -2.30. The second kappa shape index (κ2) is 6.39. The van der Waals surface area contributed by atoms with E-state index in [2.05, 4.69) is 34.6 Å². The fourth-order valence-corrected chi connectivity index (χ4v) is 4.60. The summed E-state index contributed by atoms with van der Waals surface area (Å²) in [4.78, 5) is 16.6. The van der Waals surface area contributed by atoms with Crippen LogP contribution in [0.15, 0.2) is 42.6 Å². The van der Waals surface area contributed by atoms with E-state index in [4.69, 9.17) is 4.74 Å². The van der Waals surface area contributed by atoms with Crippen LogP contribution in [0.25, 0.3) is 0 Å². The number of methoxy groups -OCH3 is 1. The van der Waals surface area contributed by atoms with Gasteiger partial charge in [-0.15, -0.1) is 0 Å². The van der Waals surface area contributed by atoms with Gasteiger partial charge in [0.25, 0.3) is 5.91 Å². The van der Waals surface area contributed by atoms with E-state index < -0.39 is 0 Å². The summed E-state index contributed by atoms with van der Waals surface area (Å²) in [6.07, 6.45) is 4.83. The smallest absolute Gasteiger partial charge is 0.274 e. The Morgan fingerprint density at radius 3 is 2.72 bits per heavy atom. The molecule has 5 heteroatoms. The number of nitrogens with one attached hydrogen (secondary N) is 1. The topological polar surface area (TPSA) is 71.5 Å². The lowest BCUT2D eigenvalue weighted by atomic mass is 9.80. The van der Waals surface area contributed by atoms with Gasteiger partial charge < -0.3 is 15.2 Å². The van der Waals surface area contributed by atoms with E-state index in [1.165, 1.54) is 31.4 Å². The van der Waals surface area contributed by atoms with Crippen molar-refractivity contribution >= 4 is 5.91 Å². The molecular weight excluding hydrogens is 316 g/mol. The van der Waals surface area contributed by atoms with Gasteiger partial charge in [-0.1, -0.05) is 30.3 Å². The average molecular weight is 338 g/mol. The van der Waals surface area contributed by atoms with Gasteiger partial charge in [0.1, 0.15) is 0 Å². The van der Waals surface area contributed by atoms with Crippen molar-refractivity contribution in [2.45, 2.75) is 31.2 Å². The maximum Gasteiger partial charge on any atom is 0.274 e. The SMILES string of the molecule is COc1ccnc(C(=O)N[C@@H]2CC3CC2[C@@H](c2ccccc2)C3)c1O. The number of aromatic hydroxyl groups is 1. The van der Waals surface area contributed by atoms with Gasteiger partial charge in [-0.25, -0.2) is 4.98 Å². The molecule has 1 amide bonds. The van der Waals surface area contributed by atoms with E-state index in [-0.39, 0.29) is 29.1 Å². The Balaban J connectivity index is 1.51. The van der Waals surface area contributed by atoms with Crippen LogP contribution in [0.4, 0.5) is 0 Å². The summed E-state index contributed by atoms with van der Waals surface area (Å²) in [5.41, 5.74) is 1.38. The van der Waals surface area contributed by atoms with Crippen LogP contribution < -0.4 is 10.1 Å². The molecule has 2 bridgehead atoms. The lowest BCUT2D eigenvalue weighted by Crippen LogP contribution is -2.41. The fraction of sp³-hybridized carbons (Fsp3) is 0.400. The van der Waals surface area contributed by atoms with Crippen molar-refractivity contribution in [2.24, 2.45) is 11.8 Å². The Hall–Kier alpha value is -2.56. The normalized spacial score (nSPS) is 27.2. The van der Waals surface area contributed by atoms with Crippen molar-refractivity contribution in [3.8, 4) is 11.5 Å². The number of amides is 1. The van der Waals surface area contributed by atoms with E-state index in [0.717, 1.165) is 12.8 Å². The number of hydrogen-bond acceptors (Lipinski definition) is 4. The van der Waals surface area contributed by atoms with Gasteiger partial charge in [-0.3, -0.25) is 4.79 Å². The first-order chi connectivity index (χ1) is 12.2. The van der Waals surface area contributed by atoms with E-state index in [1.807, 2.05) is 6.07 Å². The maximum absolute atomic E-state index is 12.6. The zero-order valence-electron chi connectivity index (χ0n) is 14.2. The highest BCUT2D eigenvalue weighted by Crippen LogP contribution is 2.53. The summed E-state index contributed by atoms with van der Waals surface area (Å²) in [7, 11) is 1.46. The van der Waals surface area contributed by atoms with Crippen molar-refractivity contribution in [2.75, 3.05) is 7.11 Å². The van der Waals surface area contributed by atoms with Gasteiger partial charge in [-0.2, -0.15) is 0 Å². The molecule has 0 spiro atoms. The minimum atomic E-state index is -0.333. The zero-order valence-corrected chi connectivity index (χ0v) is 14.2. The molecule has 5 nitrogen and oxygen atoms in total. The predicted octanol–water partition coefficient (Wildman–Crippen LogP) is 3.11. The second-order valence-electron chi connectivity index (χ2n) is 7.04. The Bertz CT molecular complexity index is 778. The number of hydrogen-bond donors (Lipinski definition) is 2. The molecule has 2 aliphatic rings. The molecular formula is C20H22N2O3. The number of nitrogens with zero attached hydrogens (tertiary/aromatic N) is 1. The van der Waals surface area contributed by atoms with Crippen LogP contribution in [0, 0.1) is 11.8 Å². The fourth-order valence-electron chi connectivity index (χ4n) is 4.60. The summed E-state index contributed by atoms with van der Waals surface area (Å²) in [6, 6.07) is 12.2. The Labute approximate surface area is 147 Å². The first kappa shape index (κ1) is 15.9. The van der Waals surface area contributed by atoms with E-state index in [0.29, 0.717) is 17.8 Å². The van der Waals surface area contributed by atoms with Crippen LogP contribution in [0.1, 0.15) is 41.2 Å². The largest absolute Gasteiger partial charge is 0.503 e. The minimum absolute atomic E-state index is 0.0263. The van der Waals surface area contributed by atoms with Crippen LogP contribution in [0.2, 0.25) is 0 Å². The van der Waals surface area contributed by atoms with E-state index in [9.17, 15) is 9.90 Å². The summed E-state index contributed by atoms with van der Waals surface area (Å²) >= 11 is 0.